The minimum atomic E-state index is 0.455. The maximum atomic E-state index is 5.64. The summed E-state index contributed by atoms with van der Waals surface area (Å²) in [5, 5.41) is 7.46. The van der Waals surface area contributed by atoms with Crippen LogP contribution < -0.4 is 20.4 Å². The van der Waals surface area contributed by atoms with Gasteiger partial charge < -0.3 is 20.4 Å². The molecule has 31 heavy (non-hydrogen) atoms. The molecule has 0 amide bonds. The van der Waals surface area contributed by atoms with Crippen LogP contribution in [-0.2, 0) is 13.1 Å². The molecule has 1 aromatic carbocycles. The average molecular weight is 437 g/mol. The highest BCUT2D eigenvalue weighted by Crippen LogP contribution is 2.30. The van der Waals surface area contributed by atoms with Crippen LogP contribution in [0.5, 0.6) is 0 Å². The number of thiocarbonyl (C=S) groups is 1. The van der Waals surface area contributed by atoms with E-state index < -0.39 is 0 Å². The first-order chi connectivity index (χ1) is 15.2. The number of nitrogens with one attached hydrogen (secondary N) is 2. The molecule has 1 saturated carbocycles. The number of hydrogen-bond donors (Lipinski definition) is 2. The molecule has 1 saturated heterocycles. The van der Waals surface area contributed by atoms with Gasteiger partial charge in [-0.1, -0.05) is 49.9 Å². The Morgan fingerprint density at radius 3 is 2.10 bits per heavy atom. The topological polar surface area (TPSA) is 56.3 Å². The van der Waals surface area contributed by atoms with Crippen molar-refractivity contribution in [3.8, 4) is 0 Å². The normalized spacial score (nSPS) is 19.2. The first-order valence-electron chi connectivity index (χ1n) is 11.8. The van der Waals surface area contributed by atoms with Gasteiger partial charge in [0, 0.05) is 38.3 Å². The maximum absolute atomic E-state index is 5.64. The van der Waals surface area contributed by atoms with Gasteiger partial charge in [0.05, 0.1) is 0 Å². The smallest absolute Gasteiger partial charge is 0.232 e. The Morgan fingerprint density at radius 1 is 0.839 bits per heavy atom. The third kappa shape index (κ3) is 4.92. The third-order valence-electron chi connectivity index (χ3n) is 6.71. The van der Waals surface area contributed by atoms with Crippen LogP contribution in [0.25, 0.3) is 0 Å². The van der Waals surface area contributed by atoms with Crippen molar-refractivity contribution in [3.63, 3.8) is 0 Å². The van der Waals surface area contributed by atoms with Gasteiger partial charge in [0.2, 0.25) is 5.95 Å². The first kappa shape index (κ1) is 20.5. The number of anilines is 3. The van der Waals surface area contributed by atoms with Gasteiger partial charge in [0.25, 0.3) is 0 Å². The molecule has 0 atom stereocenters. The summed E-state index contributed by atoms with van der Waals surface area (Å²) in [7, 11) is 0. The van der Waals surface area contributed by atoms with E-state index in [0.717, 1.165) is 37.8 Å². The Labute approximate surface area is 190 Å². The molecule has 7 heteroatoms. The third-order valence-corrected chi connectivity index (χ3v) is 6.93. The van der Waals surface area contributed by atoms with E-state index in [0.29, 0.717) is 17.1 Å². The summed E-state index contributed by atoms with van der Waals surface area (Å²) in [4.78, 5) is 14.4. The van der Waals surface area contributed by atoms with Crippen LogP contribution in [-0.4, -0.2) is 34.2 Å². The number of benzene rings is 1. The molecule has 2 aliphatic heterocycles. The highest BCUT2D eigenvalue weighted by atomic mass is 32.1. The van der Waals surface area contributed by atoms with Gasteiger partial charge in [-0.05, 0) is 49.0 Å². The molecule has 5 rings (SSSR count). The molecule has 2 fully saturated rings. The predicted molar refractivity (Wildman–Crippen MR) is 131 cm³/mol. The molecule has 164 valence electrons. The van der Waals surface area contributed by atoms with Gasteiger partial charge in [-0.3, -0.25) is 0 Å². The maximum Gasteiger partial charge on any atom is 0.232 e. The van der Waals surface area contributed by atoms with Gasteiger partial charge in [-0.25, -0.2) is 0 Å². The van der Waals surface area contributed by atoms with E-state index in [1.165, 1.54) is 62.5 Å². The molecule has 0 spiro atoms. The summed E-state index contributed by atoms with van der Waals surface area (Å²) in [6, 6.07) is 11.2. The van der Waals surface area contributed by atoms with Crippen LogP contribution in [0, 0.1) is 0 Å². The molecular formula is C24H32N6S. The van der Waals surface area contributed by atoms with Gasteiger partial charge in [0.15, 0.2) is 5.11 Å². The molecule has 2 aromatic rings. The predicted octanol–water partition coefficient (Wildman–Crippen LogP) is 4.61. The number of fused-ring (bicyclic) bond motifs is 1. The number of rotatable bonds is 4. The molecule has 1 aromatic heterocycles. The van der Waals surface area contributed by atoms with Crippen molar-refractivity contribution >= 4 is 34.9 Å². The van der Waals surface area contributed by atoms with Crippen LogP contribution in [0.4, 0.5) is 17.6 Å². The average Bonchev–Trinajstić information content (AvgIpc) is 3.40. The van der Waals surface area contributed by atoms with Crippen molar-refractivity contribution in [2.24, 2.45) is 0 Å². The Morgan fingerprint density at radius 2 is 1.45 bits per heavy atom. The molecule has 0 unspecified atom stereocenters. The molecule has 0 bridgehead atoms. The Kier molecular flexibility index (Phi) is 6.20. The fourth-order valence-electron chi connectivity index (χ4n) is 4.99. The van der Waals surface area contributed by atoms with E-state index in [1.54, 1.807) is 0 Å². The monoisotopic (exact) mass is 436 g/mol. The zero-order valence-corrected chi connectivity index (χ0v) is 19.0. The molecule has 6 nitrogen and oxygen atoms in total. The van der Waals surface area contributed by atoms with Crippen molar-refractivity contribution < 1.29 is 0 Å². The summed E-state index contributed by atoms with van der Waals surface area (Å²) < 4.78 is 0. The SMILES string of the molecule is S=C(Nc1nc(N2CCCC2)cc(N2Cc3ccccc3C2)n1)NC1CCCCCC1. The van der Waals surface area contributed by atoms with Crippen molar-refractivity contribution in [1.82, 2.24) is 15.3 Å². The summed E-state index contributed by atoms with van der Waals surface area (Å²) in [5.74, 6) is 2.56. The molecular weight excluding hydrogens is 404 g/mol. The largest absolute Gasteiger partial charge is 0.360 e. The summed E-state index contributed by atoms with van der Waals surface area (Å²) in [5.41, 5.74) is 2.76. The summed E-state index contributed by atoms with van der Waals surface area (Å²) in [6.07, 6.45) is 10.0. The van der Waals surface area contributed by atoms with E-state index in [-0.39, 0.29) is 0 Å². The number of nitrogens with zero attached hydrogens (tertiary/aromatic N) is 4. The number of aromatic nitrogens is 2. The van der Waals surface area contributed by atoms with E-state index in [4.69, 9.17) is 22.2 Å². The fourth-order valence-corrected chi connectivity index (χ4v) is 5.25. The Balaban J connectivity index is 1.34. The summed E-state index contributed by atoms with van der Waals surface area (Å²) >= 11 is 5.64. The van der Waals surface area contributed by atoms with Gasteiger partial charge >= 0.3 is 0 Å². The Bertz CT molecular complexity index is 893. The highest BCUT2D eigenvalue weighted by Gasteiger charge is 2.23. The standard InChI is InChI=1S/C24H32N6S/c31-24(25-20-11-3-1-2-4-12-20)28-23-26-21(29-13-7-8-14-29)15-22(27-23)30-16-18-9-5-6-10-19(18)17-30/h5-6,9-10,15,20H,1-4,7-8,11-14,16-17H2,(H2,25,26,27,28,31). The van der Waals surface area contributed by atoms with Gasteiger partial charge in [-0.15, -0.1) is 0 Å². The lowest BCUT2D eigenvalue weighted by atomic mass is 10.1. The van der Waals surface area contributed by atoms with Crippen LogP contribution in [0.1, 0.15) is 62.5 Å². The Hall–Kier alpha value is -2.41. The lowest BCUT2D eigenvalue weighted by Gasteiger charge is -2.23. The molecule has 2 N–H and O–H groups in total. The van der Waals surface area contributed by atoms with E-state index >= 15 is 0 Å². The molecule has 3 heterocycles. The quantitative estimate of drug-likeness (QED) is 0.536. The van der Waals surface area contributed by atoms with Gasteiger partial charge in [-0.2, -0.15) is 9.97 Å². The van der Waals surface area contributed by atoms with Crippen molar-refractivity contribution in [2.45, 2.75) is 70.5 Å². The van der Waals surface area contributed by atoms with Crippen LogP contribution in [0.15, 0.2) is 30.3 Å². The molecule has 0 radical (unpaired) electrons. The van der Waals surface area contributed by atoms with E-state index in [2.05, 4.69) is 50.8 Å². The van der Waals surface area contributed by atoms with E-state index in [1.807, 2.05) is 0 Å². The van der Waals surface area contributed by atoms with Crippen LogP contribution in [0.3, 0.4) is 0 Å². The lowest BCUT2D eigenvalue weighted by molar-refractivity contribution is 0.535. The van der Waals surface area contributed by atoms with Crippen molar-refractivity contribution in [2.75, 3.05) is 28.2 Å². The molecule has 1 aliphatic carbocycles. The molecule has 3 aliphatic rings. The minimum Gasteiger partial charge on any atom is -0.360 e. The zero-order valence-electron chi connectivity index (χ0n) is 18.1. The van der Waals surface area contributed by atoms with E-state index in [9.17, 15) is 0 Å². The first-order valence-corrected chi connectivity index (χ1v) is 12.2. The fraction of sp³-hybridized carbons (Fsp3) is 0.542. The second kappa shape index (κ2) is 9.39. The van der Waals surface area contributed by atoms with Crippen molar-refractivity contribution in [1.29, 1.82) is 0 Å². The lowest BCUT2D eigenvalue weighted by Crippen LogP contribution is -2.38. The minimum absolute atomic E-state index is 0.455. The van der Waals surface area contributed by atoms with Gasteiger partial charge in [0.1, 0.15) is 11.6 Å². The highest BCUT2D eigenvalue weighted by molar-refractivity contribution is 7.80. The second-order valence-electron chi connectivity index (χ2n) is 9.01. The van der Waals surface area contributed by atoms with Crippen molar-refractivity contribution in [3.05, 3.63) is 41.5 Å². The van der Waals surface area contributed by atoms with Crippen LogP contribution >= 0.6 is 12.2 Å². The number of hydrogen-bond acceptors (Lipinski definition) is 5. The second-order valence-corrected chi connectivity index (χ2v) is 9.42. The summed E-state index contributed by atoms with van der Waals surface area (Å²) in [6.45, 7) is 3.88. The van der Waals surface area contributed by atoms with Crippen LogP contribution in [0.2, 0.25) is 0 Å². The zero-order chi connectivity index (χ0) is 21.0.